The maximum atomic E-state index is 9.74. The van der Waals surface area contributed by atoms with Crippen LogP contribution in [-0.4, -0.2) is 42.9 Å². The summed E-state index contributed by atoms with van der Waals surface area (Å²) in [6.45, 7) is 3.47. The molecule has 21 heavy (non-hydrogen) atoms. The number of nitrogens with zero attached hydrogens (tertiary/aromatic N) is 1. The van der Waals surface area contributed by atoms with E-state index < -0.39 is 0 Å². The van der Waals surface area contributed by atoms with Gasteiger partial charge in [0.15, 0.2) is 0 Å². The molecular formula is C17H21NO2S. The highest BCUT2D eigenvalue weighted by Gasteiger charge is 2.41. The maximum Gasteiger partial charge on any atom is 0.0832 e. The predicted octanol–water partition coefficient (Wildman–Crippen LogP) is 2.71. The van der Waals surface area contributed by atoms with Gasteiger partial charge >= 0.3 is 0 Å². The highest BCUT2D eigenvalue weighted by molar-refractivity contribution is 7.10. The molecule has 1 aromatic heterocycles. The number of aliphatic hydroxyl groups is 1. The Morgan fingerprint density at radius 3 is 2.48 bits per heavy atom. The Morgan fingerprint density at radius 1 is 1.10 bits per heavy atom. The summed E-state index contributed by atoms with van der Waals surface area (Å²) in [6, 6.07) is 14.8. The van der Waals surface area contributed by atoms with Gasteiger partial charge in [-0.05, 0) is 23.4 Å². The average molecular weight is 303 g/mol. The van der Waals surface area contributed by atoms with Gasteiger partial charge in [-0.2, -0.15) is 0 Å². The standard InChI is InChI=1S/C17H21NO2S/c19-11-8-17(16-7-4-14-21-16,15-5-2-1-3-6-15)18-9-12-20-13-10-18/h1-7,14,19H,8-13H2. The van der Waals surface area contributed by atoms with Gasteiger partial charge in [-0.3, -0.25) is 4.90 Å². The summed E-state index contributed by atoms with van der Waals surface area (Å²) < 4.78 is 5.53. The van der Waals surface area contributed by atoms with E-state index in [4.69, 9.17) is 4.74 Å². The van der Waals surface area contributed by atoms with Gasteiger partial charge in [-0.15, -0.1) is 11.3 Å². The molecule has 1 aliphatic heterocycles. The third-order valence-electron chi connectivity index (χ3n) is 4.20. The van der Waals surface area contributed by atoms with Crippen molar-refractivity contribution in [2.24, 2.45) is 0 Å². The molecule has 0 spiro atoms. The summed E-state index contributed by atoms with van der Waals surface area (Å²) in [5.74, 6) is 0. The Labute approximate surface area is 129 Å². The normalized spacial score (nSPS) is 19.3. The van der Waals surface area contributed by atoms with Crippen LogP contribution in [0.1, 0.15) is 16.9 Å². The molecule has 0 aliphatic carbocycles. The number of hydrogen-bond donors (Lipinski definition) is 1. The van der Waals surface area contributed by atoms with Crippen LogP contribution in [0.5, 0.6) is 0 Å². The molecule has 0 saturated carbocycles. The Morgan fingerprint density at radius 2 is 1.86 bits per heavy atom. The minimum Gasteiger partial charge on any atom is -0.396 e. The molecule has 0 amide bonds. The number of morpholine rings is 1. The summed E-state index contributed by atoms with van der Waals surface area (Å²) in [5.41, 5.74) is 1.01. The second kappa shape index (κ2) is 6.71. The maximum absolute atomic E-state index is 9.74. The lowest BCUT2D eigenvalue weighted by Crippen LogP contribution is -2.52. The van der Waals surface area contributed by atoms with Crippen molar-refractivity contribution in [2.45, 2.75) is 12.0 Å². The molecule has 1 fully saturated rings. The smallest absolute Gasteiger partial charge is 0.0832 e. The van der Waals surface area contributed by atoms with Gasteiger partial charge in [0.05, 0.1) is 18.8 Å². The van der Waals surface area contributed by atoms with Crippen LogP contribution in [-0.2, 0) is 10.3 Å². The molecular weight excluding hydrogens is 282 g/mol. The molecule has 1 aromatic carbocycles. The lowest BCUT2D eigenvalue weighted by Gasteiger charge is -2.45. The molecule has 0 bridgehead atoms. The number of hydrogen-bond acceptors (Lipinski definition) is 4. The number of benzene rings is 1. The first-order valence-electron chi connectivity index (χ1n) is 7.41. The van der Waals surface area contributed by atoms with E-state index >= 15 is 0 Å². The second-order valence-electron chi connectivity index (χ2n) is 5.28. The third-order valence-corrected chi connectivity index (χ3v) is 5.23. The van der Waals surface area contributed by atoms with Crippen molar-refractivity contribution >= 4 is 11.3 Å². The molecule has 1 unspecified atom stereocenters. The van der Waals surface area contributed by atoms with Gasteiger partial charge in [0.25, 0.3) is 0 Å². The van der Waals surface area contributed by atoms with Gasteiger partial charge < -0.3 is 9.84 Å². The van der Waals surface area contributed by atoms with Gasteiger partial charge in [-0.1, -0.05) is 36.4 Å². The van der Waals surface area contributed by atoms with Crippen molar-refractivity contribution in [3.05, 3.63) is 58.3 Å². The molecule has 2 heterocycles. The highest BCUT2D eigenvalue weighted by atomic mass is 32.1. The summed E-state index contributed by atoms with van der Waals surface area (Å²) in [5, 5.41) is 11.9. The third kappa shape index (κ3) is 2.77. The molecule has 3 nitrogen and oxygen atoms in total. The quantitative estimate of drug-likeness (QED) is 0.922. The fourth-order valence-electron chi connectivity index (χ4n) is 3.24. The number of aliphatic hydroxyl groups excluding tert-OH is 1. The lowest BCUT2D eigenvalue weighted by molar-refractivity contribution is -0.0169. The van der Waals surface area contributed by atoms with Crippen molar-refractivity contribution in [1.82, 2.24) is 4.90 Å². The largest absolute Gasteiger partial charge is 0.396 e. The summed E-state index contributed by atoms with van der Waals surface area (Å²) in [4.78, 5) is 3.76. The van der Waals surface area contributed by atoms with Crippen LogP contribution in [0.3, 0.4) is 0 Å². The fraction of sp³-hybridized carbons (Fsp3) is 0.412. The monoisotopic (exact) mass is 303 g/mol. The van der Waals surface area contributed by atoms with Crippen molar-refractivity contribution in [1.29, 1.82) is 0 Å². The van der Waals surface area contributed by atoms with Crippen LogP contribution in [0.25, 0.3) is 0 Å². The van der Waals surface area contributed by atoms with Crippen molar-refractivity contribution in [3.63, 3.8) is 0 Å². The average Bonchev–Trinajstić information content (AvgIpc) is 3.09. The first kappa shape index (κ1) is 14.7. The second-order valence-corrected chi connectivity index (χ2v) is 6.22. The van der Waals surface area contributed by atoms with Crippen LogP contribution in [0.4, 0.5) is 0 Å². The Hall–Kier alpha value is -1.20. The summed E-state index contributed by atoms with van der Waals surface area (Å²) in [7, 11) is 0. The van der Waals surface area contributed by atoms with Crippen molar-refractivity contribution in [2.75, 3.05) is 32.9 Å². The summed E-state index contributed by atoms with van der Waals surface area (Å²) in [6.07, 6.45) is 0.706. The molecule has 4 heteroatoms. The Kier molecular flexibility index (Phi) is 4.70. The van der Waals surface area contributed by atoms with Crippen LogP contribution in [0, 0.1) is 0 Å². The lowest BCUT2D eigenvalue weighted by atomic mass is 9.83. The molecule has 1 atom stereocenters. The van der Waals surface area contributed by atoms with E-state index in [0.717, 1.165) is 26.3 Å². The highest BCUT2D eigenvalue weighted by Crippen LogP contribution is 2.41. The molecule has 3 rings (SSSR count). The van der Waals surface area contributed by atoms with Gasteiger partial charge in [0.1, 0.15) is 0 Å². The molecule has 1 aliphatic rings. The number of rotatable bonds is 5. The van der Waals surface area contributed by atoms with E-state index in [1.165, 1.54) is 10.4 Å². The van der Waals surface area contributed by atoms with Crippen molar-refractivity contribution in [3.8, 4) is 0 Å². The van der Waals surface area contributed by atoms with Gasteiger partial charge in [-0.25, -0.2) is 0 Å². The van der Waals surface area contributed by atoms with Crippen LogP contribution in [0.2, 0.25) is 0 Å². The van der Waals surface area contributed by atoms with E-state index in [1.807, 2.05) is 6.07 Å². The van der Waals surface area contributed by atoms with E-state index in [-0.39, 0.29) is 12.1 Å². The topological polar surface area (TPSA) is 32.7 Å². The first-order chi connectivity index (χ1) is 10.4. The molecule has 112 valence electrons. The van der Waals surface area contributed by atoms with E-state index in [2.05, 4.69) is 46.7 Å². The number of thiophene rings is 1. The van der Waals surface area contributed by atoms with E-state index in [9.17, 15) is 5.11 Å². The SMILES string of the molecule is OCCC(c1ccccc1)(c1cccs1)N1CCOCC1. The fourth-order valence-corrected chi connectivity index (χ4v) is 4.25. The number of ether oxygens (including phenoxy) is 1. The Bertz CT molecular complexity index is 537. The summed E-state index contributed by atoms with van der Waals surface area (Å²) >= 11 is 1.76. The van der Waals surface area contributed by atoms with Crippen molar-refractivity contribution < 1.29 is 9.84 Å². The molecule has 2 aromatic rings. The van der Waals surface area contributed by atoms with Crippen LogP contribution >= 0.6 is 11.3 Å². The first-order valence-corrected chi connectivity index (χ1v) is 8.29. The molecule has 1 N–H and O–H groups in total. The van der Waals surface area contributed by atoms with Gasteiger partial charge in [0.2, 0.25) is 0 Å². The van der Waals surface area contributed by atoms with Crippen LogP contribution < -0.4 is 0 Å². The van der Waals surface area contributed by atoms with E-state index in [0.29, 0.717) is 6.42 Å². The molecule has 1 saturated heterocycles. The minimum atomic E-state index is -0.242. The zero-order valence-electron chi connectivity index (χ0n) is 12.1. The Balaban J connectivity index is 2.11. The van der Waals surface area contributed by atoms with E-state index in [1.54, 1.807) is 11.3 Å². The van der Waals surface area contributed by atoms with Gasteiger partial charge in [0, 0.05) is 24.6 Å². The van der Waals surface area contributed by atoms with Crippen LogP contribution in [0.15, 0.2) is 47.8 Å². The zero-order valence-corrected chi connectivity index (χ0v) is 12.9. The minimum absolute atomic E-state index is 0.171. The predicted molar refractivity (Wildman–Crippen MR) is 85.6 cm³/mol. The zero-order chi connectivity index (χ0) is 14.5. The molecule has 0 radical (unpaired) electrons.